The summed E-state index contributed by atoms with van der Waals surface area (Å²) in [7, 11) is 0. The van der Waals surface area contributed by atoms with Crippen molar-refractivity contribution < 1.29 is 20.1 Å². The molecule has 0 aromatic heterocycles. The molecule has 0 aliphatic carbocycles. The Kier molecular flexibility index (Phi) is 56.9. The van der Waals surface area contributed by atoms with Crippen LogP contribution in [0.25, 0.3) is 0 Å². The summed E-state index contributed by atoms with van der Waals surface area (Å²) in [6.45, 7) is 4.22. The van der Waals surface area contributed by atoms with Crippen molar-refractivity contribution in [2.75, 3.05) is 6.61 Å². The fourth-order valence-corrected chi connectivity index (χ4v) is 10.1. The molecule has 3 atom stereocenters. The van der Waals surface area contributed by atoms with E-state index < -0.39 is 18.2 Å². The van der Waals surface area contributed by atoms with Crippen LogP contribution in [0.3, 0.4) is 0 Å². The molecular weight excluding hydrogens is 823 g/mol. The number of allylic oxidation sites excluding steroid dienone is 2. The molecule has 400 valence electrons. The smallest absolute Gasteiger partial charge is 0.220 e. The molecule has 0 aliphatic rings. The van der Waals surface area contributed by atoms with Gasteiger partial charge in [-0.2, -0.15) is 0 Å². The van der Waals surface area contributed by atoms with Crippen molar-refractivity contribution in [1.29, 1.82) is 0 Å². The number of carbonyl (C=O) groups is 1. The molecule has 0 aromatic rings. The first-order valence-corrected chi connectivity index (χ1v) is 31.0. The Morgan fingerprint density at radius 1 is 0.358 bits per heavy atom. The highest BCUT2D eigenvalue weighted by molar-refractivity contribution is 5.76. The third kappa shape index (κ3) is 52.7. The van der Waals surface area contributed by atoms with Gasteiger partial charge < -0.3 is 20.6 Å². The van der Waals surface area contributed by atoms with Gasteiger partial charge >= 0.3 is 0 Å². The number of nitrogens with one attached hydrogen (secondary N) is 1. The molecule has 0 saturated heterocycles. The Bertz CT molecular complexity index is 956. The van der Waals surface area contributed by atoms with Crippen LogP contribution in [0.4, 0.5) is 0 Å². The first kappa shape index (κ1) is 66.1. The predicted molar refractivity (Wildman–Crippen MR) is 296 cm³/mol. The molecular formula is C62H123NO4. The van der Waals surface area contributed by atoms with Crippen LogP contribution in [0.5, 0.6) is 0 Å². The summed E-state index contributed by atoms with van der Waals surface area (Å²) in [4.78, 5) is 12.5. The van der Waals surface area contributed by atoms with Crippen LogP contribution in [0.1, 0.15) is 354 Å². The number of amides is 1. The van der Waals surface area contributed by atoms with Crippen molar-refractivity contribution in [3.8, 4) is 0 Å². The average Bonchev–Trinajstić information content (AvgIpc) is 3.33. The first-order valence-electron chi connectivity index (χ1n) is 31.0. The van der Waals surface area contributed by atoms with Crippen LogP contribution in [-0.4, -0.2) is 46.1 Å². The van der Waals surface area contributed by atoms with Crippen molar-refractivity contribution in [3.05, 3.63) is 12.2 Å². The summed E-state index contributed by atoms with van der Waals surface area (Å²) in [5.74, 6) is -0.145. The average molecular weight is 947 g/mol. The van der Waals surface area contributed by atoms with Crippen molar-refractivity contribution in [2.24, 2.45) is 0 Å². The molecule has 0 rings (SSSR count). The van der Waals surface area contributed by atoms with Gasteiger partial charge in [-0.25, -0.2) is 0 Å². The number of hydrogen-bond acceptors (Lipinski definition) is 4. The van der Waals surface area contributed by atoms with E-state index in [0.29, 0.717) is 12.8 Å². The Morgan fingerprint density at radius 3 is 0.866 bits per heavy atom. The van der Waals surface area contributed by atoms with E-state index in [4.69, 9.17) is 0 Å². The lowest BCUT2D eigenvalue weighted by Gasteiger charge is -2.26. The zero-order chi connectivity index (χ0) is 48.6. The normalized spacial score (nSPS) is 13.2. The molecule has 0 spiro atoms. The summed E-state index contributed by atoms with van der Waals surface area (Å²) in [6, 6.07) is -0.823. The summed E-state index contributed by atoms with van der Waals surface area (Å²) in [5.41, 5.74) is 0. The maximum atomic E-state index is 12.5. The van der Waals surface area contributed by atoms with Crippen LogP contribution in [0, 0.1) is 0 Å². The Balaban J connectivity index is 3.49. The van der Waals surface area contributed by atoms with Gasteiger partial charge in [-0.15, -0.1) is 0 Å². The van der Waals surface area contributed by atoms with Gasteiger partial charge in [-0.05, 0) is 38.5 Å². The SMILES string of the molecule is CCCCCCCCCCCCCCCCCCCC/C=C/CCCC(O)C(O)C(CO)NC(=O)CCCCCCCCCCCCCCCCCCCCCCCCCCCCCCCC. The highest BCUT2D eigenvalue weighted by Crippen LogP contribution is 2.19. The van der Waals surface area contributed by atoms with Crippen LogP contribution in [0.15, 0.2) is 12.2 Å². The van der Waals surface area contributed by atoms with Gasteiger partial charge in [0.25, 0.3) is 0 Å². The molecule has 4 N–H and O–H groups in total. The van der Waals surface area contributed by atoms with Crippen molar-refractivity contribution in [2.45, 2.75) is 372 Å². The van der Waals surface area contributed by atoms with Crippen LogP contribution in [0.2, 0.25) is 0 Å². The summed E-state index contributed by atoms with van der Waals surface area (Å²) < 4.78 is 0. The molecule has 67 heavy (non-hydrogen) atoms. The van der Waals surface area contributed by atoms with Gasteiger partial charge in [0.2, 0.25) is 5.91 Å². The number of unbranched alkanes of at least 4 members (excludes halogenated alkanes) is 48. The molecule has 5 nitrogen and oxygen atoms in total. The third-order valence-corrected chi connectivity index (χ3v) is 14.9. The van der Waals surface area contributed by atoms with Crippen molar-refractivity contribution >= 4 is 5.91 Å². The number of hydrogen-bond donors (Lipinski definition) is 4. The highest BCUT2D eigenvalue weighted by Gasteiger charge is 2.26. The minimum absolute atomic E-state index is 0.145. The second-order valence-electron chi connectivity index (χ2n) is 21.6. The lowest BCUT2D eigenvalue weighted by molar-refractivity contribution is -0.124. The van der Waals surface area contributed by atoms with Gasteiger partial charge in [0.15, 0.2) is 0 Å². The zero-order valence-corrected chi connectivity index (χ0v) is 45.8. The van der Waals surface area contributed by atoms with E-state index in [2.05, 4.69) is 31.3 Å². The number of aliphatic hydroxyl groups is 3. The molecule has 0 radical (unpaired) electrons. The van der Waals surface area contributed by atoms with E-state index in [9.17, 15) is 20.1 Å². The topological polar surface area (TPSA) is 89.8 Å². The molecule has 0 heterocycles. The van der Waals surface area contributed by atoms with Crippen LogP contribution in [-0.2, 0) is 4.79 Å². The van der Waals surface area contributed by atoms with E-state index in [1.807, 2.05) is 0 Å². The predicted octanol–water partition coefficient (Wildman–Crippen LogP) is 19.5. The lowest BCUT2D eigenvalue weighted by atomic mass is 10.0. The van der Waals surface area contributed by atoms with E-state index in [0.717, 1.165) is 38.5 Å². The number of rotatable bonds is 58. The molecule has 1 amide bonds. The molecule has 0 aromatic carbocycles. The van der Waals surface area contributed by atoms with Gasteiger partial charge in [0.1, 0.15) is 6.10 Å². The maximum absolute atomic E-state index is 12.5. The quantitative estimate of drug-likeness (QED) is 0.0361. The van der Waals surface area contributed by atoms with Gasteiger partial charge in [0, 0.05) is 6.42 Å². The fourth-order valence-electron chi connectivity index (χ4n) is 10.1. The largest absolute Gasteiger partial charge is 0.394 e. The number of aliphatic hydroxyl groups excluding tert-OH is 3. The Hall–Kier alpha value is -0.910. The molecule has 3 unspecified atom stereocenters. The third-order valence-electron chi connectivity index (χ3n) is 14.9. The zero-order valence-electron chi connectivity index (χ0n) is 45.8. The fraction of sp³-hybridized carbons (Fsp3) is 0.952. The standard InChI is InChI=1S/C62H123NO4/c1-3-5-7-9-11-13-15-17-19-21-23-25-27-28-29-30-31-32-33-35-37-39-41-43-45-47-49-51-53-55-57-61(66)63-59(58-64)62(67)60(65)56-54-52-50-48-46-44-42-40-38-36-34-26-24-22-20-18-16-14-12-10-8-6-4-2/h48,50,59-60,62,64-65,67H,3-47,49,51-58H2,1-2H3,(H,63,66)/b50-48+. The number of carbonyl (C=O) groups excluding carboxylic acids is 1. The van der Waals surface area contributed by atoms with E-state index >= 15 is 0 Å². The second kappa shape index (κ2) is 57.7. The Morgan fingerprint density at radius 2 is 0.597 bits per heavy atom. The molecule has 0 saturated carbocycles. The first-order chi connectivity index (χ1) is 33.1. The van der Waals surface area contributed by atoms with E-state index in [1.54, 1.807) is 0 Å². The molecule has 0 bridgehead atoms. The summed E-state index contributed by atoms with van der Waals surface area (Å²) in [6.07, 6.45) is 72.6. The van der Waals surface area contributed by atoms with Crippen LogP contribution < -0.4 is 5.32 Å². The minimum atomic E-state index is -1.16. The second-order valence-corrected chi connectivity index (χ2v) is 21.6. The minimum Gasteiger partial charge on any atom is -0.394 e. The molecule has 5 heteroatoms. The van der Waals surface area contributed by atoms with Crippen molar-refractivity contribution in [1.82, 2.24) is 5.32 Å². The monoisotopic (exact) mass is 946 g/mol. The van der Waals surface area contributed by atoms with Crippen molar-refractivity contribution in [3.63, 3.8) is 0 Å². The lowest BCUT2D eigenvalue weighted by Crippen LogP contribution is -2.50. The van der Waals surface area contributed by atoms with Crippen LogP contribution >= 0.6 is 0 Å². The van der Waals surface area contributed by atoms with Gasteiger partial charge in [-0.1, -0.05) is 321 Å². The molecule has 0 fully saturated rings. The summed E-state index contributed by atoms with van der Waals surface area (Å²) in [5, 5.41) is 33.8. The van der Waals surface area contributed by atoms with E-state index in [-0.39, 0.29) is 12.5 Å². The molecule has 0 aliphatic heterocycles. The Labute approximate surface area is 420 Å². The van der Waals surface area contributed by atoms with Gasteiger partial charge in [0.05, 0.1) is 18.8 Å². The maximum Gasteiger partial charge on any atom is 0.220 e. The van der Waals surface area contributed by atoms with E-state index in [1.165, 1.54) is 289 Å². The highest BCUT2D eigenvalue weighted by atomic mass is 16.3. The van der Waals surface area contributed by atoms with Gasteiger partial charge in [-0.3, -0.25) is 4.79 Å². The summed E-state index contributed by atoms with van der Waals surface area (Å²) >= 11 is 0.